The van der Waals surface area contributed by atoms with Crippen LogP contribution in [0.25, 0.3) is 32.9 Å². The topological polar surface area (TPSA) is 51.5 Å². The van der Waals surface area contributed by atoms with Crippen molar-refractivity contribution in [2.75, 3.05) is 19.5 Å². The number of amides is 2. The monoisotopic (exact) mass is 418 g/mol. The fourth-order valence-corrected chi connectivity index (χ4v) is 4.43. The Kier molecular flexibility index (Phi) is 4.29. The summed E-state index contributed by atoms with van der Waals surface area (Å²) < 4.78 is 7.90. The van der Waals surface area contributed by atoms with Gasteiger partial charge in [-0.05, 0) is 18.2 Å². The number of alkyl halides is 1. The van der Waals surface area contributed by atoms with Gasteiger partial charge in [0.15, 0.2) is 0 Å². The summed E-state index contributed by atoms with van der Waals surface area (Å²) in [7, 11) is 3.50. The molecule has 2 amide bonds. The number of carbonyl (C=O) groups excluding carboxylic acids is 2. The fourth-order valence-electron chi connectivity index (χ4n) is 4.35. The van der Waals surface area contributed by atoms with Crippen molar-refractivity contribution in [3.8, 4) is 16.9 Å². The maximum Gasteiger partial charge on any atom is 0.262 e. The molecule has 1 aliphatic rings. The van der Waals surface area contributed by atoms with Crippen molar-refractivity contribution < 1.29 is 14.3 Å². The second kappa shape index (κ2) is 6.89. The Bertz CT molecular complexity index is 1360. The number of halogens is 1. The van der Waals surface area contributed by atoms with Gasteiger partial charge in [-0.25, -0.2) is 0 Å². The molecule has 5 rings (SSSR count). The number of hydrogen-bond acceptors (Lipinski definition) is 3. The molecule has 0 atom stereocenters. The average Bonchev–Trinajstić information content (AvgIpc) is 3.18. The zero-order chi connectivity index (χ0) is 21.0. The quantitative estimate of drug-likeness (QED) is 0.352. The number of para-hydroxylation sites is 2. The second-order valence-corrected chi connectivity index (χ2v) is 7.73. The first kappa shape index (κ1) is 18.7. The number of carbonyl (C=O) groups is 2. The van der Waals surface area contributed by atoms with Crippen LogP contribution in [-0.4, -0.2) is 40.8 Å². The van der Waals surface area contributed by atoms with E-state index in [1.165, 1.54) is 11.9 Å². The standard InChI is InChI=1S/C24H19ClN2O3/c1-26-17-9-5-3-8-15(17)20-18(26)13-16(21-22(20)24(29)27(2)23(21)28)14-7-4-6-10-19(14)30-12-11-25/h3-10,13H,11-12H2,1-2H3. The van der Waals surface area contributed by atoms with Crippen molar-refractivity contribution in [2.45, 2.75) is 0 Å². The molecular weight excluding hydrogens is 400 g/mol. The first-order chi connectivity index (χ1) is 14.5. The first-order valence-corrected chi connectivity index (χ1v) is 10.2. The SMILES string of the molecule is CN1C(=O)c2c(-c3ccccc3OCCCl)cc3c(c2C1=O)c1ccccc1n3C. The van der Waals surface area contributed by atoms with Gasteiger partial charge in [-0.15, -0.1) is 11.6 Å². The lowest BCUT2D eigenvalue weighted by atomic mass is 9.92. The normalized spacial score (nSPS) is 13.5. The van der Waals surface area contributed by atoms with Crippen LogP contribution in [0.2, 0.25) is 0 Å². The number of rotatable bonds is 4. The van der Waals surface area contributed by atoms with Crippen LogP contribution in [0.1, 0.15) is 20.7 Å². The summed E-state index contributed by atoms with van der Waals surface area (Å²) in [5.74, 6) is 0.409. The summed E-state index contributed by atoms with van der Waals surface area (Å²) in [4.78, 5) is 27.5. The largest absolute Gasteiger partial charge is 0.492 e. The van der Waals surface area contributed by atoms with E-state index in [0.717, 1.165) is 27.4 Å². The molecule has 0 bridgehead atoms. The minimum Gasteiger partial charge on any atom is -0.492 e. The molecule has 3 aromatic carbocycles. The minimum absolute atomic E-state index is 0.280. The summed E-state index contributed by atoms with van der Waals surface area (Å²) in [6.07, 6.45) is 0. The molecule has 30 heavy (non-hydrogen) atoms. The van der Waals surface area contributed by atoms with E-state index in [9.17, 15) is 9.59 Å². The lowest BCUT2D eigenvalue weighted by Crippen LogP contribution is -2.24. The van der Waals surface area contributed by atoms with E-state index in [-0.39, 0.29) is 11.8 Å². The summed E-state index contributed by atoms with van der Waals surface area (Å²) >= 11 is 5.82. The van der Waals surface area contributed by atoms with Crippen molar-refractivity contribution in [3.63, 3.8) is 0 Å². The summed E-state index contributed by atoms with van der Waals surface area (Å²) in [6, 6.07) is 17.4. The highest BCUT2D eigenvalue weighted by Gasteiger charge is 2.38. The van der Waals surface area contributed by atoms with Crippen molar-refractivity contribution in [1.82, 2.24) is 9.47 Å². The molecule has 0 spiro atoms. The van der Waals surface area contributed by atoms with Crippen molar-refractivity contribution in [1.29, 1.82) is 0 Å². The molecule has 1 aliphatic heterocycles. The van der Waals surface area contributed by atoms with Gasteiger partial charge in [0.2, 0.25) is 0 Å². The van der Waals surface area contributed by atoms with E-state index in [4.69, 9.17) is 16.3 Å². The molecule has 6 heteroatoms. The van der Waals surface area contributed by atoms with Crippen LogP contribution in [0.5, 0.6) is 5.75 Å². The lowest BCUT2D eigenvalue weighted by molar-refractivity contribution is 0.0694. The molecule has 1 aromatic heterocycles. The highest BCUT2D eigenvalue weighted by atomic mass is 35.5. The molecule has 5 nitrogen and oxygen atoms in total. The van der Waals surface area contributed by atoms with Crippen molar-refractivity contribution >= 4 is 45.2 Å². The molecule has 0 unspecified atom stereocenters. The Labute approximate surface area is 178 Å². The number of aromatic nitrogens is 1. The van der Waals surface area contributed by atoms with E-state index in [0.29, 0.717) is 34.9 Å². The van der Waals surface area contributed by atoms with Gasteiger partial charge in [-0.1, -0.05) is 36.4 Å². The molecular formula is C24H19ClN2O3. The molecule has 150 valence electrons. The molecule has 0 aliphatic carbocycles. The lowest BCUT2D eigenvalue weighted by Gasteiger charge is -2.14. The molecule has 0 saturated heterocycles. The summed E-state index contributed by atoms with van der Waals surface area (Å²) in [5.41, 5.74) is 4.24. The van der Waals surface area contributed by atoms with Gasteiger partial charge in [-0.3, -0.25) is 14.5 Å². The molecule has 0 radical (unpaired) electrons. The third-order valence-corrected chi connectivity index (χ3v) is 5.91. The maximum atomic E-state index is 13.2. The Morgan fingerprint density at radius 2 is 1.57 bits per heavy atom. The van der Waals surface area contributed by atoms with E-state index in [2.05, 4.69) is 4.57 Å². The predicted octanol–water partition coefficient (Wildman–Crippen LogP) is 4.84. The molecule has 0 saturated carbocycles. The number of ether oxygens (including phenoxy) is 1. The van der Waals surface area contributed by atoms with Crippen LogP contribution in [0.4, 0.5) is 0 Å². The van der Waals surface area contributed by atoms with E-state index >= 15 is 0 Å². The zero-order valence-corrected chi connectivity index (χ0v) is 17.4. The third kappa shape index (κ3) is 2.48. The Balaban J connectivity index is 1.93. The Hall–Kier alpha value is -3.31. The number of hydrogen-bond donors (Lipinski definition) is 0. The van der Waals surface area contributed by atoms with Gasteiger partial charge >= 0.3 is 0 Å². The molecule has 4 aromatic rings. The van der Waals surface area contributed by atoms with E-state index < -0.39 is 0 Å². The first-order valence-electron chi connectivity index (χ1n) is 9.69. The van der Waals surface area contributed by atoms with Crippen LogP contribution in [0.3, 0.4) is 0 Å². The predicted molar refractivity (Wildman–Crippen MR) is 119 cm³/mol. The Morgan fingerprint density at radius 1 is 0.867 bits per heavy atom. The van der Waals surface area contributed by atoms with Gasteiger partial charge in [0, 0.05) is 41.5 Å². The van der Waals surface area contributed by atoms with Gasteiger partial charge in [0.05, 0.1) is 22.5 Å². The summed E-state index contributed by atoms with van der Waals surface area (Å²) in [5, 5.41) is 1.77. The highest BCUT2D eigenvalue weighted by Crippen LogP contribution is 2.43. The number of benzene rings is 3. The maximum absolute atomic E-state index is 13.2. The highest BCUT2D eigenvalue weighted by molar-refractivity contribution is 6.32. The number of nitrogens with zero attached hydrogens (tertiary/aromatic N) is 2. The average molecular weight is 419 g/mol. The van der Waals surface area contributed by atoms with Gasteiger partial charge in [-0.2, -0.15) is 0 Å². The van der Waals surface area contributed by atoms with Gasteiger partial charge < -0.3 is 9.30 Å². The molecule has 2 heterocycles. The van der Waals surface area contributed by atoms with Crippen LogP contribution in [0, 0.1) is 0 Å². The van der Waals surface area contributed by atoms with Crippen molar-refractivity contribution in [2.24, 2.45) is 7.05 Å². The van der Waals surface area contributed by atoms with Crippen LogP contribution >= 0.6 is 11.6 Å². The zero-order valence-electron chi connectivity index (χ0n) is 16.6. The third-order valence-electron chi connectivity index (χ3n) is 5.75. The number of aryl methyl sites for hydroxylation is 1. The van der Waals surface area contributed by atoms with Crippen LogP contribution in [-0.2, 0) is 7.05 Å². The van der Waals surface area contributed by atoms with Gasteiger partial charge in [0.25, 0.3) is 11.8 Å². The second-order valence-electron chi connectivity index (χ2n) is 7.35. The summed E-state index contributed by atoms with van der Waals surface area (Å²) in [6.45, 7) is 0.351. The van der Waals surface area contributed by atoms with Crippen LogP contribution < -0.4 is 4.74 Å². The van der Waals surface area contributed by atoms with Crippen LogP contribution in [0.15, 0.2) is 54.6 Å². The Morgan fingerprint density at radius 3 is 2.37 bits per heavy atom. The molecule has 0 N–H and O–H groups in total. The number of imide groups is 1. The number of fused-ring (bicyclic) bond motifs is 5. The van der Waals surface area contributed by atoms with E-state index in [1.807, 2.05) is 61.6 Å². The fraction of sp³-hybridized carbons (Fsp3) is 0.167. The molecule has 0 fully saturated rings. The van der Waals surface area contributed by atoms with Gasteiger partial charge in [0.1, 0.15) is 12.4 Å². The van der Waals surface area contributed by atoms with E-state index in [1.54, 1.807) is 0 Å². The minimum atomic E-state index is -0.299. The smallest absolute Gasteiger partial charge is 0.262 e. The van der Waals surface area contributed by atoms with Crippen molar-refractivity contribution in [3.05, 3.63) is 65.7 Å².